The Hall–Kier alpha value is -2.73. The van der Waals surface area contributed by atoms with Crippen LogP contribution in [0.4, 0.5) is 4.39 Å². The fraction of sp³-hybridized carbons (Fsp3) is 0.300. The first-order valence-corrected chi connectivity index (χ1v) is 8.57. The lowest BCUT2D eigenvalue weighted by Crippen LogP contribution is -2.38. The number of aryl methyl sites for hydroxylation is 1. The Morgan fingerprint density at radius 3 is 2.69 bits per heavy atom. The Morgan fingerprint density at radius 2 is 2.00 bits per heavy atom. The van der Waals surface area contributed by atoms with E-state index in [2.05, 4.69) is 10.3 Å². The van der Waals surface area contributed by atoms with Crippen molar-refractivity contribution in [3.05, 3.63) is 65.7 Å². The van der Waals surface area contributed by atoms with Gasteiger partial charge in [-0.15, -0.1) is 0 Å². The number of hydrogen-bond donors (Lipinski definition) is 1. The Kier molecular flexibility index (Phi) is 5.32. The predicted molar refractivity (Wildman–Crippen MR) is 100 cm³/mol. The molecule has 2 aromatic carbocycles. The molecule has 5 nitrogen and oxygen atoms in total. The van der Waals surface area contributed by atoms with E-state index >= 15 is 0 Å². The van der Waals surface area contributed by atoms with E-state index in [1.54, 1.807) is 31.1 Å². The van der Waals surface area contributed by atoms with E-state index < -0.39 is 6.04 Å². The number of carbonyl (C=O) groups excluding carboxylic acids is 1. The number of para-hydroxylation sites is 2. The topological polar surface area (TPSA) is 50.2 Å². The minimum Gasteiger partial charge on any atom is -0.354 e. The van der Waals surface area contributed by atoms with Crippen LogP contribution in [0.5, 0.6) is 0 Å². The molecule has 0 aliphatic rings. The first-order chi connectivity index (χ1) is 12.5. The molecule has 0 bridgehead atoms. The van der Waals surface area contributed by atoms with Crippen LogP contribution in [0, 0.1) is 5.82 Å². The van der Waals surface area contributed by atoms with E-state index in [0.29, 0.717) is 18.5 Å². The molecule has 6 heteroatoms. The average molecular weight is 354 g/mol. The van der Waals surface area contributed by atoms with E-state index in [9.17, 15) is 9.18 Å². The summed E-state index contributed by atoms with van der Waals surface area (Å²) in [6.45, 7) is 0.468. The molecule has 136 valence electrons. The van der Waals surface area contributed by atoms with Crippen molar-refractivity contribution < 1.29 is 9.18 Å². The second-order valence-corrected chi connectivity index (χ2v) is 6.54. The van der Waals surface area contributed by atoms with Crippen molar-refractivity contribution in [2.45, 2.75) is 12.5 Å². The van der Waals surface area contributed by atoms with Gasteiger partial charge < -0.3 is 9.88 Å². The third-order valence-electron chi connectivity index (χ3n) is 4.46. The molecule has 1 atom stereocenters. The lowest BCUT2D eigenvalue weighted by molar-refractivity contribution is -0.125. The molecule has 0 saturated heterocycles. The van der Waals surface area contributed by atoms with Crippen molar-refractivity contribution in [3.63, 3.8) is 0 Å². The van der Waals surface area contributed by atoms with E-state index in [0.717, 1.165) is 16.9 Å². The molecular formula is C20H23FN4O. The van der Waals surface area contributed by atoms with Gasteiger partial charge in [0.1, 0.15) is 17.7 Å². The summed E-state index contributed by atoms with van der Waals surface area (Å²) < 4.78 is 15.6. The number of nitrogens with zero attached hydrogens (tertiary/aromatic N) is 3. The highest BCUT2D eigenvalue weighted by Crippen LogP contribution is 2.19. The summed E-state index contributed by atoms with van der Waals surface area (Å²) >= 11 is 0. The van der Waals surface area contributed by atoms with Gasteiger partial charge in [0.25, 0.3) is 0 Å². The van der Waals surface area contributed by atoms with Crippen molar-refractivity contribution in [3.8, 4) is 0 Å². The van der Waals surface area contributed by atoms with Crippen LogP contribution in [0.25, 0.3) is 11.0 Å². The lowest BCUT2D eigenvalue weighted by atomic mass is 10.1. The van der Waals surface area contributed by atoms with E-state index in [1.165, 1.54) is 12.1 Å². The first-order valence-electron chi connectivity index (χ1n) is 8.57. The number of benzene rings is 2. The molecule has 1 aromatic heterocycles. The van der Waals surface area contributed by atoms with Gasteiger partial charge in [-0.25, -0.2) is 9.37 Å². The number of halogens is 1. The number of carbonyl (C=O) groups is 1. The monoisotopic (exact) mass is 354 g/mol. The molecule has 0 spiro atoms. The maximum absolute atomic E-state index is 13.5. The standard InChI is InChI=1S/C20H23FN4O/c1-24(2)19(14-7-6-8-15(21)13-14)20(26)22-12-11-18-23-16-9-4-5-10-17(16)25(18)3/h4-10,13,19H,11-12H2,1-3H3,(H,22,26)/t19-/m1/s1. The number of fused-ring (bicyclic) bond motifs is 1. The molecule has 0 fully saturated rings. The van der Waals surface area contributed by atoms with Gasteiger partial charge in [0.15, 0.2) is 0 Å². The maximum Gasteiger partial charge on any atom is 0.241 e. The molecule has 3 aromatic rings. The van der Waals surface area contributed by atoms with Crippen LogP contribution in [-0.2, 0) is 18.3 Å². The Morgan fingerprint density at radius 1 is 1.23 bits per heavy atom. The molecule has 0 aliphatic carbocycles. The SMILES string of the molecule is CN(C)[C@@H](C(=O)NCCc1nc2ccccc2n1C)c1cccc(F)c1. The van der Waals surface area contributed by atoms with Gasteiger partial charge in [-0.3, -0.25) is 9.69 Å². The summed E-state index contributed by atoms with van der Waals surface area (Å²) in [7, 11) is 5.59. The van der Waals surface area contributed by atoms with Crippen LogP contribution in [0.15, 0.2) is 48.5 Å². The number of rotatable bonds is 6. The smallest absolute Gasteiger partial charge is 0.241 e. The number of likely N-dealkylation sites (N-methyl/N-ethyl adjacent to an activating group) is 1. The minimum absolute atomic E-state index is 0.153. The first kappa shape index (κ1) is 18.1. The molecule has 1 amide bonds. The zero-order valence-corrected chi connectivity index (χ0v) is 15.2. The highest BCUT2D eigenvalue weighted by Gasteiger charge is 2.23. The van der Waals surface area contributed by atoms with Gasteiger partial charge in [0.05, 0.1) is 11.0 Å². The molecular weight excluding hydrogens is 331 g/mol. The van der Waals surface area contributed by atoms with Gasteiger partial charge in [-0.2, -0.15) is 0 Å². The molecule has 0 unspecified atom stereocenters. The van der Waals surface area contributed by atoms with Crippen molar-refractivity contribution >= 4 is 16.9 Å². The fourth-order valence-electron chi connectivity index (χ4n) is 3.17. The van der Waals surface area contributed by atoms with Crippen LogP contribution in [0.3, 0.4) is 0 Å². The average Bonchev–Trinajstić information content (AvgIpc) is 2.91. The number of nitrogens with one attached hydrogen (secondary N) is 1. The van der Waals surface area contributed by atoms with Crippen molar-refractivity contribution in [1.82, 2.24) is 19.8 Å². The predicted octanol–water partition coefficient (Wildman–Crippen LogP) is 2.67. The summed E-state index contributed by atoms with van der Waals surface area (Å²) in [6, 6.07) is 13.6. The number of hydrogen-bond acceptors (Lipinski definition) is 3. The highest BCUT2D eigenvalue weighted by molar-refractivity contribution is 5.83. The van der Waals surface area contributed by atoms with Crippen LogP contribution >= 0.6 is 0 Å². The zero-order valence-electron chi connectivity index (χ0n) is 15.2. The Bertz CT molecular complexity index is 919. The molecule has 0 aliphatic heterocycles. The molecule has 1 N–H and O–H groups in total. The lowest BCUT2D eigenvalue weighted by Gasteiger charge is -2.23. The molecule has 0 saturated carbocycles. The normalized spacial score (nSPS) is 12.5. The summed E-state index contributed by atoms with van der Waals surface area (Å²) in [5, 5.41) is 2.95. The molecule has 0 radical (unpaired) electrons. The van der Waals surface area contributed by atoms with Crippen LogP contribution < -0.4 is 5.32 Å². The van der Waals surface area contributed by atoms with Gasteiger partial charge in [-0.05, 0) is 43.9 Å². The van der Waals surface area contributed by atoms with E-state index in [4.69, 9.17) is 0 Å². The number of imidazole rings is 1. The summed E-state index contributed by atoms with van der Waals surface area (Å²) in [5.41, 5.74) is 2.65. The van der Waals surface area contributed by atoms with Crippen molar-refractivity contribution in [2.24, 2.45) is 7.05 Å². The van der Waals surface area contributed by atoms with Gasteiger partial charge in [0, 0.05) is 20.0 Å². The second-order valence-electron chi connectivity index (χ2n) is 6.54. The van der Waals surface area contributed by atoms with Crippen molar-refractivity contribution in [1.29, 1.82) is 0 Å². The third-order valence-corrected chi connectivity index (χ3v) is 4.46. The van der Waals surface area contributed by atoms with Gasteiger partial charge >= 0.3 is 0 Å². The number of aromatic nitrogens is 2. The third kappa shape index (κ3) is 3.75. The van der Waals surface area contributed by atoms with Crippen LogP contribution in [0.1, 0.15) is 17.4 Å². The number of amides is 1. The largest absolute Gasteiger partial charge is 0.354 e. The Balaban J connectivity index is 1.67. The molecule has 3 rings (SSSR count). The van der Waals surface area contributed by atoms with Crippen LogP contribution in [-0.4, -0.2) is 41.0 Å². The maximum atomic E-state index is 13.5. The molecule has 26 heavy (non-hydrogen) atoms. The summed E-state index contributed by atoms with van der Waals surface area (Å²) in [6.07, 6.45) is 0.625. The second kappa shape index (κ2) is 7.66. The Labute approximate surface area is 152 Å². The summed E-state index contributed by atoms with van der Waals surface area (Å²) in [4.78, 5) is 19.0. The fourth-order valence-corrected chi connectivity index (χ4v) is 3.17. The van der Waals surface area contributed by atoms with E-state index in [-0.39, 0.29) is 11.7 Å². The van der Waals surface area contributed by atoms with E-state index in [1.807, 2.05) is 35.9 Å². The molecule has 1 heterocycles. The van der Waals surface area contributed by atoms with Crippen molar-refractivity contribution in [2.75, 3.05) is 20.6 Å². The van der Waals surface area contributed by atoms with Gasteiger partial charge in [0.2, 0.25) is 5.91 Å². The van der Waals surface area contributed by atoms with Crippen LogP contribution in [0.2, 0.25) is 0 Å². The van der Waals surface area contributed by atoms with Gasteiger partial charge in [-0.1, -0.05) is 24.3 Å². The zero-order chi connectivity index (χ0) is 18.7. The minimum atomic E-state index is -0.536. The highest BCUT2D eigenvalue weighted by atomic mass is 19.1. The quantitative estimate of drug-likeness (QED) is 0.740. The summed E-state index contributed by atoms with van der Waals surface area (Å²) in [5.74, 6) is 0.417.